The zero-order valence-electron chi connectivity index (χ0n) is 10.6. The molecule has 0 bridgehead atoms. The Labute approximate surface area is 110 Å². The minimum atomic E-state index is 0.782. The largest absolute Gasteiger partial charge is 0.465 e. The maximum atomic E-state index is 5.47. The average molecular weight is 267 g/mol. The molecule has 6 nitrogen and oxygen atoms in total. The summed E-state index contributed by atoms with van der Waals surface area (Å²) in [5, 5.41) is 15.5. The fourth-order valence-corrected chi connectivity index (χ4v) is 2.28. The normalized spacial score (nSPS) is 11.0. The molecule has 2 aromatic heterocycles. The minimum Gasteiger partial charge on any atom is -0.465 e. The third-order valence-corrected chi connectivity index (χ3v) is 3.50. The molecule has 0 atom stereocenters. The van der Waals surface area contributed by atoms with Crippen molar-refractivity contribution >= 4 is 11.8 Å². The van der Waals surface area contributed by atoms with Crippen molar-refractivity contribution in [2.24, 2.45) is 7.05 Å². The predicted octanol–water partition coefficient (Wildman–Crippen LogP) is 1.38. The van der Waals surface area contributed by atoms with Crippen molar-refractivity contribution in [1.29, 1.82) is 0 Å². The molecule has 2 heterocycles. The van der Waals surface area contributed by atoms with Crippen molar-refractivity contribution in [3.63, 3.8) is 0 Å². The molecule has 0 aromatic carbocycles. The highest BCUT2D eigenvalue weighted by molar-refractivity contribution is 7.99. The Balaban J connectivity index is 1.55. The second-order valence-electron chi connectivity index (χ2n) is 3.98. The van der Waals surface area contributed by atoms with Crippen molar-refractivity contribution < 1.29 is 4.42 Å². The van der Waals surface area contributed by atoms with Gasteiger partial charge < -0.3 is 9.73 Å². The summed E-state index contributed by atoms with van der Waals surface area (Å²) in [6.45, 7) is 3.69. The fraction of sp³-hybridized carbons (Fsp3) is 0.545. The van der Waals surface area contributed by atoms with Crippen molar-refractivity contribution in [3.05, 3.63) is 23.7 Å². The first-order valence-electron chi connectivity index (χ1n) is 5.87. The van der Waals surface area contributed by atoms with Gasteiger partial charge in [-0.15, -0.1) is 5.10 Å². The van der Waals surface area contributed by atoms with Crippen LogP contribution in [0, 0.1) is 6.92 Å². The van der Waals surface area contributed by atoms with Gasteiger partial charge in [0.05, 0.1) is 6.54 Å². The molecule has 7 heteroatoms. The van der Waals surface area contributed by atoms with Crippen LogP contribution in [0.2, 0.25) is 0 Å². The summed E-state index contributed by atoms with van der Waals surface area (Å²) in [5.41, 5.74) is 0. The first-order chi connectivity index (χ1) is 8.75. The maximum absolute atomic E-state index is 5.47. The summed E-state index contributed by atoms with van der Waals surface area (Å²) in [7, 11) is 1.85. The summed E-state index contributed by atoms with van der Waals surface area (Å²) in [5.74, 6) is 2.94. The van der Waals surface area contributed by atoms with Gasteiger partial charge in [-0.1, -0.05) is 11.8 Å². The van der Waals surface area contributed by atoms with Gasteiger partial charge in [0.2, 0.25) is 5.16 Å². The summed E-state index contributed by atoms with van der Waals surface area (Å²) in [6, 6.07) is 3.98. The van der Waals surface area contributed by atoms with E-state index in [0.29, 0.717) is 0 Å². The van der Waals surface area contributed by atoms with Crippen molar-refractivity contribution in [3.8, 4) is 0 Å². The van der Waals surface area contributed by atoms with Crippen LogP contribution in [0.5, 0.6) is 0 Å². The van der Waals surface area contributed by atoms with Gasteiger partial charge in [0.25, 0.3) is 0 Å². The smallest absolute Gasteiger partial charge is 0.209 e. The Morgan fingerprint density at radius 2 is 2.33 bits per heavy atom. The van der Waals surface area contributed by atoms with Crippen LogP contribution in [-0.2, 0) is 13.6 Å². The maximum Gasteiger partial charge on any atom is 0.209 e. The van der Waals surface area contributed by atoms with E-state index in [0.717, 1.165) is 41.9 Å². The zero-order valence-corrected chi connectivity index (χ0v) is 11.4. The molecule has 0 saturated carbocycles. The van der Waals surface area contributed by atoms with E-state index in [1.807, 2.05) is 26.1 Å². The van der Waals surface area contributed by atoms with E-state index in [1.165, 1.54) is 0 Å². The molecule has 1 N–H and O–H groups in total. The fourth-order valence-electron chi connectivity index (χ4n) is 1.50. The number of nitrogens with one attached hydrogen (secondary N) is 1. The van der Waals surface area contributed by atoms with Gasteiger partial charge >= 0.3 is 0 Å². The Morgan fingerprint density at radius 3 is 3.00 bits per heavy atom. The summed E-state index contributed by atoms with van der Waals surface area (Å²) >= 11 is 1.67. The number of thioether (sulfide) groups is 1. The van der Waals surface area contributed by atoms with Gasteiger partial charge in [0.15, 0.2) is 0 Å². The van der Waals surface area contributed by atoms with Gasteiger partial charge in [-0.05, 0) is 42.4 Å². The van der Waals surface area contributed by atoms with E-state index in [-0.39, 0.29) is 0 Å². The highest BCUT2D eigenvalue weighted by atomic mass is 32.2. The second-order valence-corrected chi connectivity index (χ2v) is 5.04. The Bertz CT molecular complexity index is 481. The molecule has 98 valence electrons. The molecule has 0 unspecified atom stereocenters. The molecular formula is C11H17N5OS. The molecule has 0 spiro atoms. The SMILES string of the molecule is Cc1ccc(CNCCCSc2nnnn2C)o1. The highest BCUT2D eigenvalue weighted by Crippen LogP contribution is 2.12. The third-order valence-electron chi connectivity index (χ3n) is 2.41. The zero-order chi connectivity index (χ0) is 12.8. The first kappa shape index (κ1) is 13.1. The molecule has 2 rings (SSSR count). The molecule has 0 amide bonds. The lowest BCUT2D eigenvalue weighted by atomic mass is 10.4. The minimum absolute atomic E-state index is 0.782. The van der Waals surface area contributed by atoms with Crippen LogP contribution in [0.4, 0.5) is 0 Å². The van der Waals surface area contributed by atoms with Gasteiger partial charge in [-0.3, -0.25) is 0 Å². The van der Waals surface area contributed by atoms with Gasteiger partial charge in [-0.2, -0.15) is 0 Å². The van der Waals surface area contributed by atoms with Gasteiger partial charge in [-0.25, -0.2) is 4.68 Å². The number of nitrogens with zero attached hydrogens (tertiary/aromatic N) is 4. The van der Waals surface area contributed by atoms with Crippen LogP contribution in [0.15, 0.2) is 21.7 Å². The van der Waals surface area contributed by atoms with E-state index in [4.69, 9.17) is 4.42 Å². The summed E-state index contributed by atoms with van der Waals surface area (Å²) < 4.78 is 7.15. The number of tetrazole rings is 1. The molecule has 0 aliphatic carbocycles. The number of furan rings is 1. The van der Waals surface area contributed by atoms with E-state index in [1.54, 1.807) is 16.4 Å². The molecule has 0 saturated heterocycles. The number of hydrogen-bond donors (Lipinski definition) is 1. The molecule has 0 aliphatic heterocycles. The predicted molar refractivity (Wildman–Crippen MR) is 69.3 cm³/mol. The quantitative estimate of drug-likeness (QED) is 0.604. The summed E-state index contributed by atoms with van der Waals surface area (Å²) in [6.07, 6.45) is 1.07. The number of aryl methyl sites for hydroxylation is 2. The van der Waals surface area contributed by atoms with Gasteiger partial charge in [0.1, 0.15) is 11.5 Å². The lowest BCUT2D eigenvalue weighted by Crippen LogP contribution is -2.14. The monoisotopic (exact) mass is 267 g/mol. The van der Waals surface area contributed by atoms with E-state index >= 15 is 0 Å². The lowest BCUT2D eigenvalue weighted by molar-refractivity contribution is 0.462. The molecule has 0 aliphatic rings. The number of aromatic nitrogens is 4. The molecule has 0 fully saturated rings. The Hall–Kier alpha value is -1.34. The molecule has 2 aromatic rings. The molecule has 0 radical (unpaired) electrons. The van der Waals surface area contributed by atoms with Crippen LogP contribution in [0.25, 0.3) is 0 Å². The first-order valence-corrected chi connectivity index (χ1v) is 6.85. The number of rotatable bonds is 7. The Kier molecular flexibility index (Phi) is 4.77. The van der Waals surface area contributed by atoms with Crippen LogP contribution in [-0.4, -0.2) is 32.5 Å². The van der Waals surface area contributed by atoms with Crippen molar-refractivity contribution in [2.45, 2.75) is 25.0 Å². The Morgan fingerprint density at radius 1 is 1.44 bits per heavy atom. The van der Waals surface area contributed by atoms with E-state index in [2.05, 4.69) is 20.8 Å². The lowest BCUT2D eigenvalue weighted by Gasteiger charge is -2.02. The topological polar surface area (TPSA) is 68.8 Å². The van der Waals surface area contributed by atoms with Crippen molar-refractivity contribution in [1.82, 2.24) is 25.5 Å². The van der Waals surface area contributed by atoms with Gasteiger partial charge in [0, 0.05) is 12.8 Å². The van der Waals surface area contributed by atoms with E-state index in [9.17, 15) is 0 Å². The highest BCUT2D eigenvalue weighted by Gasteiger charge is 2.02. The van der Waals surface area contributed by atoms with Crippen LogP contribution >= 0.6 is 11.8 Å². The van der Waals surface area contributed by atoms with Crippen LogP contribution < -0.4 is 5.32 Å². The second kappa shape index (κ2) is 6.55. The van der Waals surface area contributed by atoms with Crippen LogP contribution in [0.3, 0.4) is 0 Å². The van der Waals surface area contributed by atoms with E-state index < -0.39 is 0 Å². The molecular weight excluding hydrogens is 250 g/mol. The average Bonchev–Trinajstić information content (AvgIpc) is 2.93. The number of hydrogen-bond acceptors (Lipinski definition) is 6. The standard InChI is InChI=1S/C11H17N5OS/c1-9-4-5-10(17-9)8-12-6-3-7-18-11-13-14-15-16(11)2/h4-5,12H,3,6-8H2,1-2H3. The third kappa shape index (κ3) is 3.85. The summed E-state index contributed by atoms with van der Waals surface area (Å²) in [4.78, 5) is 0. The van der Waals surface area contributed by atoms with Crippen molar-refractivity contribution in [2.75, 3.05) is 12.3 Å². The molecule has 18 heavy (non-hydrogen) atoms. The van der Waals surface area contributed by atoms with Crippen LogP contribution in [0.1, 0.15) is 17.9 Å².